The molecular formula is C35H48N4O8S. The average Bonchev–Trinajstić information content (AvgIpc) is 3.06. The van der Waals surface area contributed by atoms with Crippen molar-refractivity contribution in [2.24, 2.45) is 5.41 Å². The molecule has 1 atom stereocenters. The number of nitrogens with zero attached hydrogens (tertiary/aromatic N) is 2. The molecule has 0 radical (unpaired) electrons. The van der Waals surface area contributed by atoms with Crippen LogP contribution >= 0.6 is 0 Å². The van der Waals surface area contributed by atoms with Crippen molar-refractivity contribution >= 4 is 33.9 Å². The highest BCUT2D eigenvalue weighted by molar-refractivity contribution is 7.89. The molecule has 2 aliphatic heterocycles. The van der Waals surface area contributed by atoms with Crippen LogP contribution in [-0.2, 0) is 40.5 Å². The maximum absolute atomic E-state index is 13.2. The molecule has 2 aliphatic rings. The van der Waals surface area contributed by atoms with Crippen molar-refractivity contribution in [1.29, 1.82) is 0 Å². The van der Waals surface area contributed by atoms with Gasteiger partial charge in [-0.3, -0.25) is 14.4 Å². The quantitative estimate of drug-likeness (QED) is 0.319. The third-order valence-corrected chi connectivity index (χ3v) is 10.4. The predicted molar refractivity (Wildman–Crippen MR) is 179 cm³/mol. The Balaban J connectivity index is 1.19. The molecule has 12 nitrogen and oxygen atoms in total. The largest absolute Gasteiger partial charge is 0.459 e. The zero-order chi connectivity index (χ0) is 34.8. The zero-order valence-electron chi connectivity index (χ0n) is 28.1. The summed E-state index contributed by atoms with van der Waals surface area (Å²) in [4.78, 5) is 54.6. The molecule has 2 N–H and O–H groups in total. The maximum atomic E-state index is 13.2. The van der Waals surface area contributed by atoms with Crippen LogP contribution in [0, 0.1) is 5.41 Å². The van der Waals surface area contributed by atoms with Crippen LogP contribution in [-0.4, -0.2) is 86.5 Å². The first-order valence-corrected chi connectivity index (χ1v) is 18.0. The number of carbonyl (C=O) groups is 4. The molecular weight excluding hydrogens is 636 g/mol. The fourth-order valence-electron chi connectivity index (χ4n) is 6.04. The maximum Gasteiger partial charge on any atom is 0.407 e. The van der Waals surface area contributed by atoms with Gasteiger partial charge in [-0.25, -0.2) is 13.2 Å². The van der Waals surface area contributed by atoms with Crippen LogP contribution in [0.4, 0.5) is 4.79 Å². The van der Waals surface area contributed by atoms with Crippen LogP contribution in [0.2, 0.25) is 0 Å². The van der Waals surface area contributed by atoms with E-state index in [0.29, 0.717) is 26.2 Å². The van der Waals surface area contributed by atoms with E-state index in [2.05, 4.69) is 10.0 Å². The summed E-state index contributed by atoms with van der Waals surface area (Å²) in [5.74, 6) is -0.879. The van der Waals surface area contributed by atoms with Crippen LogP contribution in [0.3, 0.4) is 0 Å². The number of alkyl carbamates (subject to hydrolysis) is 1. The average molecular weight is 685 g/mol. The van der Waals surface area contributed by atoms with Crippen molar-refractivity contribution in [3.63, 3.8) is 0 Å². The number of piperidine rings is 2. The summed E-state index contributed by atoms with van der Waals surface area (Å²) in [5.41, 5.74) is 0.113. The lowest BCUT2D eigenvalue weighted by Crippen LogP contribution is -2.50. The van der Waals surface area contributed by atoms with Gasteiger partial charge < -0.3 is 24.6 Å². The summed E-state index contributed by atoms with van der Waals surface area (Å²) >= 11 is 0. The van der Waals surface area contributed by atoms with Gasteiger partial charge in [-0.05, 0) is 76.0 Å². The summed E-state index contributed by atoms with van der Waals surface area (Å²) in [5, 5.41) is 2.64. The second-order valence-electron chi connectivity index (χ2n) is 13.6. The minimum Gasteiger partial charge on any atom is -0.459 e. The molecule has 1 spiro atoms. The summed E-state index contributed by atoms with van der Waals surface area (Å²) in [6.45, 7) is 7.86. The number of hydrogen-bond acceptors (Lipinski definition) is 8. The number of rotatable bonds is 12. The molecule has 2 saturated heterocycles. The van der Waals surface area contributed by atoms with Crippen molar-refractivity contribution < 1.29 is 37.1 Å². The van der Waals surface area contributed by atoms with E-state index >= 15 is 0 Å². The molecule has 262 valence electrons. The molecule has 0 aliphatic carbocycles. The predicted octanol–water partition coefficient (Wildman–Crippen LogP) is 4.00. The summed E-state index contributed by atoms with van der Waals surface area (Å²) in [7, 11) is -4.01. The Kier molecular flexibility index (Phi) is 12.6. The number of likely N-dealkylation sites (tertiary alicyclic amines) is 2. The van der Waals surface area contributed by atoms with Crippen molar-refractivity contribution in [1.82, 2.24) is 19.8 Å². The second kappa shape index (κ2) is 16.4. The van der Waals surface area contributed by atoms with Crippen molar-refractivity contribution in [3.8, 4) is 0 Å². The van der Waals surface area contributed by atoms with Crippen molar-refractivity contribution in [2.45, 2.75) is 88.9 Å². The minimum atomic E-state index is -4.01. The molecule has 2 heterocycles. The Labute approximate surface area is 283 Å². The van der Waals surface area contributed by atoms with Gasteiger partial charge in [0.2, 0.25) is 21.8 Å². The van der Waals surface area contributed by atoms with E-state index in [-0.39, 0.29) is 54.5 Å². The number of sulfonamides is 1. The van der Waals surface area contributed by atoms with E-state index in [0.717, 1.165) is 31.2 Å². The topological polar surface area (TPSA) is 151 Å². The monoisotopic (exact) mass is 684 g/mol. The molecule has 13 heteroatoms. The smallest absolute Gasteiger partial charge is 0.407 e. The van der Waals surface area contributed by atoms with Crippen LogP contribution in [0.25, 0.3) is 0 Å². The number of amides is 3. The van der Waals surface area contributed by atoms with Gasteiger partial charge in [0.05, 0.1) is 4.90 Å². The highest BCUT2D eigenvalue weighted by Crippen LogP contribution is 2.41. The van der Waals surface area contributed by atoms with E-state index in [9.17, 15) is 27.6 Å². The first-order chi connectivity index (χ1) is 22.8. The highest BCUT2D eigenvalue weighted by Gasteiger charge is 2.39. The van der Waals surface area contributed by atoms with Crippen LogP contribution in [0.5, 0.6) is 0 Å². The van der Waals surface area contributed by atoms with E-state index in [1.54, 1.807) is 43.9 Å². The first kappa shape index (κ1) is 36.9. The number of benzene rings is 2. The lowest BCUT2D eigenvalue weighted by Gasteiger charge is -2.47. The molecule has 2 aromatic carbocycles. The van der Waals surface area contributed by atoms with Crippen LogP contribution in [0.1, 0.15) is 71.3 Å². The molecule has 48 heavy (non-hydrogen) atoms. The number of nitrogens with one attached hydrogen (secondary N) is 2. The third-order valence-electron chi connectivity index (χ3n) is 8.86. The van der Waals surface area contributed by atoms with Gasteiger partial charge in [0.1, 0.15) is 18.2 Å². The summed E-state index contributed by atoms with van der Waals surface area (Å²) in [6.07, 6.45) is 2.91. The normalized spacial score (nSPS) is 17.0. The fraction of sp³-hybridized carbons (Fsp3) is 0.543. The third kappa shape index (κ3) is 11.0. The molecule has 3 amide bonds. The van der Waals surface area contributed by atoms with E-state index < -0.39 is 33.7 Å². The Morgan fingerprint density at radius 3 is 1.88 bits per heavy atom. The molecule has 0 aromatic heterocycles. The van der Waals surface area contributed by atoms with Gasteiger partial charge in [0.25, 0.3) is 0 Å². The summed E-state index contributed by atoms with van der Waals surface area (Å²) < 4.78 is 39.1. The minimum absolute atomic E-state index is 0.00959. The van der Waals surface area contributed by atoms with Crippen LogP contribution in [0.15, 0.2) is 65.6 Å². The first-order valence-electron chi connectivity index (χ1n) is 16.6. The SMILES string of the molecule is CC(C)(C)OC(=O)[C@H](CCC(=O)N1CCC2(CCN(C(=O)CCNC(=O)OCc3ccccc3)CC2)CC1)NS(=O)(=O)c1ccccc1. The molecule has 0 saturated carbocycles. The molecule has 2 aromatic rings. The Morgan fingerprint density at radius 2 is 1.33 bits per heavy atom. The van der Waals surface area contributed by atoms with E-state index in [1.807, 2.05) is 35.2 Å². The second-order valence-corrected chi connectivity index (χ2v) is 15.3. The fourth-order valence-corrected chi connectivity index (χ4v) is 7.28. The van der Waals surface area contributed by atoms with Gasteiger partial charge in [0, 0.05) is 45.6 Å². The number of carbonyl (C=O) groups excluding carboxylic acids is 4. The van der Waals surface area contributed by atoms with E-state index in [4.69, 9.17) is 9.47 Å². The number of hydrogen-bond donors (Lipinski definition) is 2. The number of esters is 1. The molecule has 2 fully saturated rings. The van der Waals surface area contributed by atoms with Gasteiger partial charge in [-0.1, -0.05) is 48.5 Å². The van der Waals surface area contributed by atoms with Gasteiger partial charge in [-0.15, -0.1) is 0 Å². The molecule has 0 bridgehead atoms. The summed E-state index contributed by atoms with van der Waals surface area (Å²) in [6, 6.07) is 15.9. The van der Waals surface area contributed by atoms with Gasteiger partial charge >= 0.3 is 12.1 Å². The van der Waals surface area contributed by atoms with Crippen LogP contribution < -0.4 is 10.0 Å². The molecule has 0 unspecified atom stereocenters. The van der Waals surface area contributed by atoms with E-state index in [1.165, 1.54) is 12.1 Å². The number of ether oxygens (including phenoxy) is 2. The Morgan fingerprint density at radius 1 is 0.812 bits per heavy atom. The van der Waals surface area contributed by atoms with Gasteiger partial charge in [-0.2, -0.15) is 4.72 Å². The Hall–Kier alpha value is -3.97. The lowest BCUT2D eigenvalue weighted by molar-refractivity contribution is -0.157. The zero-order valence-corrected chi connectivity index (χ0v) is 28.9. The van der Waals surface area contributed by atoms with Crippen molar-refractivity contribution in [2.75, 3.05) is 32.7 Å². The molecule has 4 rings (SSSR count). The standard InChI is InChI=1S/C35H48N4O8S/c1-34(2,3)47-32(42)29(37-48(44,45)28-12-8-5-9-13-28)14-15-30(40)38-22-17-35(18-23-38)19-24-39(25-20-35)31(41)16-21-36-33(43)46-26-27-10-6-4-7-11-27/h4-13,29,37H,14-26H2,1-3H3,(H,36,43)/t29-/m0/s1. The lowest BCUT2D eigenvalue weighted by atomic mass is 9.71. The van der Waals surface area contributed by atoms with Crippen molar-refractivity contribution in [3.05, 3.63) is 66.2 Å². The highest BCUT2D eigenvalue weighted by atomic mass is 32.2. The Bertz CT molecular complexity index is 1490. The van der Waals surface area contributed by atoms with Gasteiger partial charge in [0.15, 0.2) is 0 Å².